The molecular formula is C13H14N2O3S. The van der Waals surface area contributed by atoms with Crippen LogP contribution in [-0.4, -0.2) is 27.1 Å². The van der Waals surface area contributed by atoms with Gasteiger partial charge in [-0.1, -0.05) is 36.4 Å². The third-order valence-electron chi connectivity index (χ3n) is 2.74. The first-order valence-electron chi connectivity index (χ1n) is 5.63. The van der Waals surface area contributed by atoms with E-state index >= 15 is 0 Å². The van der Waals surface area contributed by atoms with Crippen LogP contribution in [0.4, 0.5) is 5.69 Å². The number of nitrogens with zero attached hydrogens (tertiary/aromatic N) is 1. The molecule has 0 atom stereocenters. The Labute approximate surface area is 111 Å². The topological polar surface area (TPSA) is 80.5 Å². The van der Waals surface area contributed by atoms with Crippen molar-refractivity contribution >= 4 is 32.4 Å². The van der Waals surface area contributed by atoms with Gasteiger partial charge in [-0.05, 0) is 11.5 Å². The van der Waals surface area contributed by atoms with Gasteiger partial charge in [0.1, 0.15) is 6.54 Å². The van der Waals surface area contributed by atoms with Crippen molar-refractivity contribution in [2.24, 2.45) is 5.73 Å². The second-order valence-electron chi connectivity index (χ2n) is 4.23. The quantitative estimate of drug-likeness (QED) is 0.909. The Balaban J connectivity index is 2.66. The molecule has 19 heavy (non-hydrogen) atoms. The molecular weight excluding hydrogens is 264 g/mol. The predicted octanol–water partition coefficient (Wildman–Crippen LogP) is 1.09. The molecule has 0 saturated heterocycles. The van der Waals surface area contributed by atoms with Gasteiger partial charge >= 0.3 is 0 Å². The van der Waals surface area contributed by atoms with E-state index in [1.807, 2.05) is 30.3 Å². The Morgan fingerprint density at radius 1 is 1.16 bits per heavy atom. The van der Waals surface area contributed by atoms with Crippen molar-refractivity contribution in [1.82, 2.24) is 0 Å². The van der Waals surface area contributed by atoms with Crippen LogP contribution in [0.3, 0.4) is 0 Å². The van der Waals surface area contributed by atoms with Crippen LogP contribution in [0.25, 0.3) is 10.8 Å². The van der Waals surface area contributed by atoms with Gasteiger partial charge in [0.15, 0.2) is 0 Å². The number of sulfonamides is 1. The number of hydrogen-bond donors (Lipinski definition) is 1. The van der Waals surface area contributed by atoms with Gasteiger partial charge in [-0.25, -0.2) is 8.42 Å². The highest BCUT2D eigenvalue weighted by atomic mass is 32.2. The number of carbonyl (C=O) groups is 1. The smallest absolute Gasteiger partial charge is 0.238 e. The fraction of sp³-hybridized carbons (Fsp3) is 0.154. The second-order valence-corrected chi connectivity index (χ2v) is 6.14. The lowest BCUT2D eigenvalue weighted by atomic mass is 10.1. The summed E-state index contributed by atoms with van der Waals surface area (Å²) in [5.41, 5.74) is 5.58. The zero-order valence-corrected chi connectivity index (χ0v) is 11.2. The highest BCUT2D eigenvalue weighted by molar-refractivity contribution is 7.92. The fourth-order valence-corrected chi connectivity index (χ4v) is 2.83. The minimum atomic E-state index is -3.57. The highest BCUT2D eigenvalue weighted by Gasteiger charge is 2.21. The SMILES string of the molecule is CS(=O)(=O)N(CC(N)=O)c1cccc2ccccc12. The van der Waals surface area contributed by atoms with Crippen LogP contribution in [-0.2, 0) is 14.8 Å². The van der Waals surface area contributed by atoms with Crippen molar-refractivity contribution in [3.05, 3.63) is 42.5 Å². The monoisotopic (exact) mass is 278 g/mol. The van der Waals surface area contributed by atoms with E-state index in [-0.39, 0.29) is 6.54 Å². The Morgan fingerprint density at radius 2 is 1.79 bits per heavy atom. The van der Waals surface area contributed by atoms with Gasteiger partial charge in [0.2, 0.25) is 15.9 Å². The zero-order chi connectivity index (χ0) is 14.0. The summed E-state index contributed by atoms with van der Waals surface area (Å²) in [5.74, 6) is -0.696. The molecule has 0 saturated carbocycles. The highest BCUT2D eigenvalue weighted by Crippen LogP contribution is 2.27. The van der Waals surface area contributed by atoms with Crippen LogP contribution in [0, 0.1) is 0 Å². The van der Waals surface area contributed by atoms with Crippen molar-refractivity contribution in [2.45, 2.75) is 0 Å². The molecule has 0 radical (unpaired) electrons. The molecule has 2 N–H and O–H groups in total. The number of anilines is 1. The summed E-state index contributed by atoms with van der Waals surface area (Å²) in [7, 11) is -3.57. The summed E-state index contributed by atoms with van der Waals surface area (Å²) in [6.45, 7) is -0.368. The molecule has 5 nitrogen and oxygen atoms in total. The van der Waals surface area contributed by atoms with Gasteiger partial charge in [0.25, 0.3) is 0 Å². The van der Waals surface area contributed by atoms with Crippen molar-refractivity contribution in [3.63, 3.8) is 0 Å². The number of carbonyl (C=O) groups excluding carboxylic acids is 1. The average molecular weight is 278 g/mol. The number of nitrogens with two attached hydrogens (primary N) is 1. The molecule has 0 aliphatic rings. The lowest BCUT2D eigenvalue weighted by molar-refractivity contribution is -0.116. The van der Waals surface area contributed by atoms with E-state index in [4.69, 9.17) is 5.73 Å². The van der Waals surface area contributed by atoms with Crippen LogP contribution in [0.1, 0.15) is 0 Å². The molecule has 2 aromatic rings. The molecule has 0 aliphatic heterocycles. The maximum Gasteiger partial charge on any atom is 0.238 e. The van der Waals surface area contributed by atoms with Gasteiger partial charge in [0, 0.05) is 5.39 Å². The maximum atomic E-state index is 11.8. The lowest BCUT2D eigenvalue weighted by Crippen LogP contribution is -2.37. The minimum absolute atomic E-state index is 0.368. The van der Waals surface area contributed by atoms with E-state index in [1.165, 1.54) is 0 Å². The normalized spacial score (nSPS) is 11.4. The molecule has 2 aromatic carbocycles. The van der Waals surface area contributed by atoms with Crippen LogP contribution in [0.5, 0.6) is 0 Å². The number of rotatable bonds is 4. The van der Waals surface area contributed by atoms with Gasteiger partial charge in [-0.15, -0.1) is 0 Å². The molecule has 100 valence electrons. The summed E-state index contributed by atoms with van der Waals surface area (Å²) in [4.78, 5) is 11.1. The molecule has 0 aromatic heterocycles. The number of hydrogen-bond acceptors (Lipinski definition) is 3. The third-order valence-corrected chi connectivity index (χ3v) is 3.86. The first kappa shape index (κ1) is 13.4. The molecule has 0 heterocycles. The van der Waals surface area contributed by atoms with E-state index in [2.05, 4.69) is 0 Å². The number of benzene rings is 2. The molecule has 6 heteroatoms. The molecule has 0 fully saturated rings. The fourth-order valence-electron chi connectivity index (χ4n) is 1.95. The lowest BCUT2D eigenvalue weighted by Gasteiger charge is -2.22. The number of primary amides is 1. The van der Waals surface area contributed by atoms with E-state index < -0.39 is 15.9 Å². The zero-order valence-electron chi connectivity index (χ0n) is 10.4. The average Bonchev–Trinajstić information content (AvgIpc) is 2.34. The Bertz CT molecular complexity index is 720. The maximum absolute atomic E-state index is 11.8. The van der Waals surface area contributed by atoms with Gasteiger partial charge in [0.05, 0.1) is 11.9 Å². The molecule has 0 unspecified atom stereocenters. The summed E-state index contributed by atoms with van der Waals surface area (Å²) < 4.78 is 24.7. The van der Waals surface area contributed by atoms with Gasteiger partial charge in [-0.3, -0.25) is 9.10 Å². The van der Waals surface area contributed by atoms with Crippen molar-refractivity contribution in [2.75, 3.05) is 17.1 Å². The largest absolute Gasteiger partial charge is 0.368 e. The van der Waals surface area contributed by atoms with Gasteiger partial charge < -0.3 is 5.73 Å². The Morgan fingerprint density at radius 3 is 2.42 bits per heavy atom. The molecule has 0 bridgehead atoms. The number of fused-ring (bicyclic) bond motifs is 1. The Kier molecular flexibility index (Phi) is 3.44. The van der Waals surface area contributed by atoms with Crippen molar-refractivity contribution in [3.8, 4) is 0 Å². The van der Waals surface area contributed by atoms with Crippen LogP contribution < -0.4 is 10.0 Å². The van der Waals surface area contributed by atoms with E-state index in [9.17, 15) is 13.2 Å². The van der Waals surface area contributed by atoms with Crippen LogP contribution in [0.15, 0.2) is 42.5 Å². The van der Waals surface area contributed by atoms with E-state index in [0.717, 1.165) is 21.3 Å². The first-order chi connectivity index (χ1) is 8.89. The standard InChI is InChI=1S/C13H14N2O3S/c1-19(17,18)15(9-13(14)16)12-8-4-6-10-5-2-3-7-11(10)12/h2-8H,9H2,1H3,(H2,14,16). The number of amides is 1. The minimum Gasteiger partial charge on any atom is -0.368 e. The van der Waals surface area contributed by atoms with Crippen molar-refractivity contribution in [1.29, 1.82) is 0 Å². The van der Waals surface area contributed by atoms with E-state index in [0.29, 0.717) is 5.69 Å². The predicted molar refractivity (Wildman–Crippen MR) is 75.3 cm³/mol. The molecule has 0 aliphatic carbocycles. The molecule has 1 amide bonds. The molecule has 0 spiro atoms. The summed E-state index contributed by atoms with van der Waals surface area (Å²) >= 11 is 0. The first-order valence-corrected chi connectivity index (χ1v) is 7.48. The van der Waals surface area contributed by atoms with Gasteiger partial charge in [-0.2, -0.15) is 0 Å². The third kappa shape index (κ3) is 2.85. The Hall–Kier alpha value is -2.08. The molecule has 2 rings (SSSR count). The van der Waals surface area contributed by atoms with Crippen molar-refractivity contribution < 1.29 is 13.2 Å². The summed E-state index contributed by atoms with van der Waals surface area (Å²) in [6.07, 6.45) is 1.05. The summed E-state index contributed by atoms with van der Waals surface area (Å²) in [6, 6.07) is 12.7. The van der Waals surface area contributed by atoms with E-state index in [1.54, 1.807) is 12.1 Å². The van der Waals surface area contributed by atoms with Crippen LogP contribution in [0.2, 0.25) is 0 Å². The second kappa shape index (κ2) is 4.89. The van der Waals surface area contributed by atoms with Crippen LogP contribution >= 0.6 is 0 Å². The summed E-state index contributed by atoms with van der Waals surface area (Å²) in [5, 5.41) is 1.66.